The van der Waals surface area contributed by atoms with Crippen LogP contribution in [0.2, 0.25) is 0 Å². The lowest BCUT2D eigenvalue weighted by molar-refractivity contribution is 0.157. The average molecular weight is 187 g/mol. The molecule has 2 atom stereocenters. The highest BCUT2D eigenvalue weighted by molar-refractivity contribution is 7.13. The maximum absolute atomic E-state index is 9.54. The molecule has 0 aliphatic carbocycles. The summed E-state index contributed by atoms with van der Waals surface area (Å²) in [5.41, 5.74) is 5.53. The maximum atomic E-state index is 9.54. The molecule has 0 aliphatic heterocycles. The zero-order chi connectivity index (χ0) is 9.14. The summed E-state index contributed by atoms with van der Waals surface area (Å²) in [4.78, 5) is 0.849. The van der Waals surface area contributed by atoms with Gasteiger partial charge in [-0.3, -0.25) is 0 Å². The molecule has 0 saturated heterocycles. The van der Waals surface area contributed by atoms with E-state index in [-0.39, 0.29) is 6.04 Å². The van der Waals surface area contributed by atoms with E-state index in [0.29, 0.717) is 0 Å². The van der Waals surface area contributed by atoms with Crippen molar-refractivity contribution >= 4 is 11.3 Å². The minimum Gasteiger partial charge on any atom is -0.487 e. The molecule has 0 spiro atoms. The lowest BCUT2D eigenvalue weighted by atomic mass is 10.2. The Balaban J connectivity index is 2.74. The first-order chi connectivity index (χ1) is 5.65. The second kappa shape index (κ2) is 3.89. The van der Waals surface area contributed by atoms with E-state index in [1.165, 1.54) is 11.3 Å². The van der Waals surface area contributed by atoms with Crippen LogP contribution in [0.1, 0.15) is 17.9 Å². The molecule has 0 bridgehead atoms. The van der Waals surface area contributed by atoms with Gasteiger partial charge in [0, 0.05) is 10.9 Å². The van der Waals surface area contributed by atoms with E-state index in [1.54, 1.807) is 14.0 Å². The summed E-state index contributed by atoms with van der Waals surface area (Å²) in [7, 11) is 1.61. The van der Waals surface area contributed by atoms with E-state index in [4.69, 9.17) is 10.5 Å². The van der Waals surface area contributed by atoms with Crippen molar-refractivity contribution in [1.29, 1.82) is 0 Å². The van der Waals surface area contributed by atoms with Crippen molar-refractivity contribution in [2.45, 2.75) is 19.1 Å². The van der Waals surface area contributed by atoms with Crippen molar-refractivity contribution in [2.24, 2.45) is 5.73 Å². The molecule has 1 aromatic rings. The zero-order valence-corrected chi connectivity index (χ0v) is 7.97. The third kappa shape index (κ3) is 1.97. The van der Waals surface area contributed by atoms with Crippen LogP contribution in [0.4, 0.5) is 0 Å². The second-order valence-electron chi connectivity index (χ2n) is 2.66. The van der Waals surface area contributed by atoms with E-state index < -0.39 is 6.10 Å². The number of hydrogen-bond acceptors (Lipinski definition) is 4. The molecule has 0 amide bonds. The molecule has 1 rings (SSSR count). The number of ether oxygens (including phenoxy) is 1. The van der Waals surface area contributed by atoms with Gasteiger partial charge in [0.15, 0.2) is 5.06 Å². The smallest absolute Gasteiger partial charge is 0.173 e. The maximum Gasteiger partial charge on any atom is 0.173 e. The molecular weight excluding hydrogens is 174 g/mol. The Hall–Kier alpha value is -0.580. The predicted molar refractivity (Wildman–Crippen MR) is 49.5 cm³/mol. The first-order valence-electron chi connectivity index (χ1n) is 3.72. The number of rotatable bonds is 3. The molecule has 1 unspecified atom stereocenters. The summed E-state index contributed by atoms with van der Waals surface area (Å²) >= 11 is 1.42. The normalized spacial score (nSPS) is 15.7. The number of aliphatic hydroxyl groups excluding tert-OH is 1. The Kier molecular flexibility index (Phi) is 3.08. The number of hydrogen-bond donors (Lipinski definition) is 2. The molecule has 1 aromatic heterocycles. The Morgan fingerprint density at radius 3 is 2.67 bits per heavy atom. The lowest BCUT2D eigenvalue weighted by Gasteiger charge is -2.11. The molecule has 0 radical (unpaired) electrons. The molecule has 4 heteroatoms. The number of thiophene rings is 1. The highest BCUT2D eigenvalue weighted by Crippen LogP contribution is 2.29. The summed E-state index contributed by atoms with van der Waals surface area (Å²) in [6, 6.07) is 3.41. The van der Waals surface area contributed by atoms with Gasteiger partial charge in [-0.05, 0) is 19.1 Å². The Morgan fingerprint density at radius 2 is 2.25 bits per heavy atom. The minimum atomic E-state index is -0.584. The van der Waals surface area contributed by atoms with Crippen LogP contribution in [0.15, 0.2) is 12.1 Å². The molecule has 3 nitrogen and oxygen atoms in total. The topological polar surface area (TPSA) is 55.5 Å². The molecular formula is C8H13NO2S. The van der Waals surface area contributed by atoms with Crippen molar-refractivity contribution in [3.8, 4) is 5.06 Å². The van der Waals surface area contributed by atoms with Crippen LogP contribution in [0.5, 0.6) is 5.06 Å². The predicted octanol–water partition coefficient (Wildman–Crippen LogP) is 1.14. The van der Waals surface area contributed by atoms with Crippen LogP contribution in [-0.2, 0) is 0 Å². The third-order valence-electron chi connectivity index (χ3n) is 1.59. The molecule has 0 aromatic carbocycles. The van der Waals surface area contributed by atoms with E-state index in [0.717, 1.165) is 9.94 Å². The zero-order valence-electron chi connectivity index (χ0n) is 7.15. The van der Waals surface area contributed by atoms with E-state index in [2.05, 4.69) is 0 Å². The third-order valence-corrected chi connectivity index (χ3v) is 2.71. The van der Waals surface area contributed by atoms with Crippen molar-refractivity contribution in [2.75, 3.05) is 7.11 Å². The van der Waals surface area contributed by atoms with Gasteiger partial charge in [-0.25, -0.2) is 0 Å². The van der Waals surface area contributed by atoms with Gasteiger partial charge in [0.25, 0.3) is 0 Å². The van der Waals surface area contributed by atoms with Gasteiger partial charge in [-0.1, -0.05) is 0 Å². The van der Waals surface area contributed by atoms with Gasteiger partial charge in [-0.2, -0.15) is 0 Å². The summed E-state index contributed by atoms with van der Waals surface area (Å²) < 4.78 is 4.99. The van der Waals surface area contributed by atoms with E-state index >= 15 is 0 Å². The fraction of sp³-hybridized carbons (Fsp3) is 0.500. The molecule has 1 heterocycles. The Bertz CT molecular complexity index is 247. The summed E-state index contributed by atoms with van der Waals surface area (Å²) in [5, 5.41) is 10.3. The first kappa shape index (κ1) is 9.51. The van der Waals surface area contributed by atoms with Gasteiger partial charge in [0.05, 0.1) is 7.11 Å². The summed E-state index contributed by atoms with van der Waals surface area (Å²) in [6.07, 6.45) is -0.584. The van der Waals surface area contributed by atoms with E-state index in [1.807, 2.05) is 12.1 Å². The van der Waals surface area contributed by atoms with Gasteiger partial charge in [-0.15, -0.1) is 11.3 Å². The average Bonchev–Trinajstić information content (AvgIpc) is 2.50. The van der Waals surface area contributed by atoms with E-state index in [9.17, 15) is 5.11 Å². The quantitative estimate of drug-likeness (QED) is 0.746. The monoisotopic (exact) mass is 187 g/mol. The van der Waals surface area contributed by atoms with Gasteiger partial charge >= 0.3 is 0 Å². The Morgan fingerprint density at radius 1 is 1.58 bits per heavy atom. The molecule has 3 N–H and O–H groups in total. The van der Waals surface area contributed by atoms with Crippen LogP contribution in [0, 0.1) is 0 Å². The van der Waals surface area contributed by atoms with Crippen molar-refractivity contribution in [1.82, 2.24) is 0 Å². The van der Waals surface area contributed by atoms with Crippen LogP contribution < -0.4 is 10.5 Å². The molecule has 0 saturated carbocycles. The fourth-order valence-electron chi connectivity index (χ4n) is 0.862. The standard InChI is InChI=1S/C8H13NO2S/c1-5(9)8(10)6-3-4-7(11-2)12-6/h3-5,8,10H,9H2,1-2H3/t5-,8?/m1/s1. The second-order valence-corrected chi connectivity index (χ2v) is 3.74. The van der Waals surface area contributed by atoms with Crippen LogP contribution in [0.25, 0.3) is 0 Å². The number of aliphatic hydroxyl groups is 1. The lowest BCUT2D eigenvalue weighted by Crippen LogP contribution is -2.23. The highest BCUT2D eigenvalue weighted by atomic mass is 32.1. The fourth-order valence-corrected chi connectivity index (χ4v) is 1.79. The summed E-state index contributed by atoms with van der Waals surface area (Å²) in [5.74, 6) is 0. The van der Waals surface area contributed by atoms with Crippen molar-refractivity contribution < 1.29 is 9.84 Å². The van der Waals surface area contributed by atoms with Crippen molar-refractivity contribution in [3.63, 3.8) is 0 Å². The van der Waals surface area contributed by atoms with Gasteiger partial charge < -0.3 is 15.6 Å². The number of methoxy groups -OCH3 is 1. The molecule has 0 aliphatic rings. The largest absolute Gasteiger partial charge is 0.487 e. The van der Waals surface area contributed by atoms with Crippen molar-refractivity contribution in [3.05, 3.63) is 17.0 Å². The van der Waals surface area contributed by atoms with Gasteiger partial charge in [0.2, 0.25) is 0 Å². The summed E-state index contributed by atoms with van der Waals surface area (Å²) in [6.45, 7) is 1.77. The molecule has 0 fully saturated rings. The highest BCUT2D eigenvalue weighted by Gasteiger charge is 2.14. The minimum absolute atomic E-state index is 0.242. The molecule has 68 valence electrons. The van der Waals surface area contributed by atoms with Crippen LogP contribution in [0.3, 0.4) is 0 Å². The first-order valence-corrected chi connectivity index (χ1v) is 4.54. The van der Waals surface area contributed by atoms with Crippen LogP contribution in [-0.4, -0.2) is 18.3 Å². The number of nitrogens with two attached hydrogens (primary N) is 1. The van der Waals surface area contributed by atoms with Crippen LogP contribution >= 0.6 is 11.3 Å². The van der Waals surface area contributed by atoms with Gasteiger partial charge in [0.1, 0.15) is 6.10 Å². The molecule has 12 heavy (non-hydrogen) atoms. The SMILES string of the molecule is COc1ccc(C(O)[C@@H](C)N)s1. The Labute approximate surface area is 75.8 Å².